The van der Waals surface area contributed by atoms with E-state index in [0.717, 1.165) is 11.1 Å². The predicted octanol–water partition coefficient (Wildman–Crippen LogP) is 5.64. The molecule has 410 valence electrons. The monoisotopic (exact) mass is 1030 g/mol. The van der Waals surface area contributed by atoms with Crippen molar-refractivity contribution < 1.29 is 57.4 Å². The third-order valence-electron chi connectivity index (χ3n) is 14.6. The summed E-state index contributed by atoms with van der Waals surface area (Å²) in [6.45, 7) is 14.4. The average Bonchev–Trinajstić information content (AvgIpc) is 3.99. The van der Waals surface area contributed by atoms with Crippen molar-refractivity contribution in [2.45, 2.75) is 168 Å². The summed E-state index contributed by atoms with van der Waals surface area (Å²) in [5, 5.41) is 6.57. The lowest BCUT2D eigenvalue weighted by Gasteiger charge is -2.41. The average molecular weight is 1030 g/mol. The first kappa shape index (κ1) is 60.8. The molecule has 2 aromatic rings. The number of hydrogen-bond acceptors (Lipinski definition) is 13. The lowest BCUT2D eigenvalue weighted by molar-refractivity contribution is -0.197. The molecule has 18 heteroatoms. The number of carbonyl (C=O) groups is 8. The topological polar surface area (TPSA) is 210 Å². The Hall–Kier alpha value is -5.72. The molecule has 9 atom stereocenters. The maximum Gasteiger partial charge on any atom is 0.333 e. The van der Waals surface area contributed by atoms with E-state index in [4.69, 9.17) is 19.0 Å². The van der Waals surface area contributed by atoms with Gasteiger partial charge in [0, 0.05) is 53.5 Å². The van der Waals surface area contributed by atoms with E-state index >= 15 is 0 Å². The van der Waals surface area contributed by atoms with Crippen LogP contribution in [-0.4, -0.2) is 151 Å². The van der Waals surface area contributed by atoms with Gasteiger partial charge in [0.2, 0.25) is 23.6 Å². The van der Waals surface area contributed by atoms with Crippen LogP contribution in [0.5, 0.6) is 0 Å². The number of methoxy groups -OCH3 is 2. The van der Waals surface area contributed by atoms with Gasteiger partial charge in [0.1, 0.15) is 18.7 Å². The number of likely N-dealkylation sites (tertiary alicyclic amines) is 1. The first-order chi connectivity index (χ1) is 35.2. The Morgan fingerprint density at radius 3 is 1.96 bits per heavy atom. The van der Waals surface area contributed by atoms with Crippen molar-refractivity contribution in [3.63, 3.8) is 0 Å². The normalized spacial score (nSPS) is 18.1. The molecule has 4 rings (SSSR count). The molecule has 2 N–H and O–H groups in total. The Kier molecular flexibility index (Phi) is 24.7. The van der Waals surface area contributed by atoms with E-state index in [1.54, 1.807) is 23.8 Å². The molecule has 6 amide bonds. The summed E-state index contributed by atoms with van der Waals surface area (Å²) in [5.74, 6) is -4.77. The molecule has 0 bridgehead atoms. The molecule has 0 unspecified atom stereocenters. The molecule has 2 aromatic carbocycles. The number of imide groups is 1. The number of benzene rings is 2. The molecular formula is C56H84N6O12. The molecule has 0 saturated carbocycles. The minimum atomic E-state index is -0.976. The summed E-state index contributed by atoms with van der Waals surface area (Å²) in [6.07, 6.45) is 2.54. The Balaban J connectivity index is 1.41. The SMILES string of the molecule is CC[C@H](C)[C@@H]([C@@H](CC(=O)N1CCC[C@H]1[C@H](OC)[C@@H](C)C(=O)N[C@@H](Cc1ccccc1)C(=O)OCc1ccccc1)OC)N(C)C(=O)[C@@H](NC(=O)[C@H](C(C)C)N(C)CCCCCC(=O)ON1C(=O)CCC1=O)C(C)C. The Labute approximate surface area is 438 Å². The van der Waals surface area contributed by atoms with E-state index in [9.17, 15) is 38.4 Å². The van der Waals surface area contributed by atoms with Crippen LogP contribution in [0.2, 0.25) is 0 Å². The first-order valence-corrected chi connectivity index (χ1v) is 26.5. The zero-order valence-electron chi connectivity index (χ0n) is 45.7. The molecular weight excluding hydrogens is 949 g/mol. The summed E-state index contributed by atoms with van der Waals surface area (Å²) in [4.78, 5) is 117. The number of hydroxylamine groups is 2. The highest BCUT2D eigenvalue weighted by Gasteiger charge is 2.44. The number of nitrogens with one attached hydrogen (secondary N) is 2. The smallest absolute Gasteiger partial charge is 0.333 e. The van der Waals surface area contributed by atoms with Gasteiger partial charge in [0.25, 0.3) is 11.8 Å². The molecule has 0 aliphatic carbocycles. The summed E-state index contributed by atoms with van der Waals surface area (Å²) >= 11 is 0. The fraction of sp³-hybridized carbons (Fsp3) is 0.643. The molecule has 2 heterocycles. The van der Waals surface area contributed by atoms with E-state index in [1.165, 1.54) is 14.2 Å². The lowest BCUT2D eigenvalue weighted by atomic mass is 9.89. The maximum absolute atomic E-state index is 14.7. The molecule has 74 heavy (non-hydrogen) atoms. The molecule has 2 aliphatic rings. The number of likely N-dealkylation sites (N-methyl/N-ethyl adjacent to an activating group) is 2. The van der Waals surface area contributed by atoms with Gasteiger partial charge >= 0.3 is 11.9 Å². The van der Waals surface area contributed by atoms with E-state index in [1.807, 2.05) is 114 Å². The largest absolute Gasteiger partial charge is 0.459 e. The number of esters is 1. The number of amides is 6. The van der Waals surface area contributed by atoms with Crippen LogP contribution in [0.15, 0.2) is 60.7 Å². The van der Waals surface area contributed by atoms with Crippen LogP contribution in [-0.2, 0) is 70.4 Å². The van der Waals surface area contributed by atoms with Crippen molar-refractivity contribution in [2.24, 2.45) is 23.7 Å². The van der Waals surface area contributed by atoms with Crippen molar-refractivity contribution in [1.29, 1.82) is 0 Å². The van der Waals surface area contributed by atoms with E-state index in [2.05, 4.69) is 10.6 Å². The zero-order chi connectivity index (χ0) is 54.6. The molecule has 2 aliphatic heterocycles. The van der Waals surface area contributed by atoms with E-state index in [-0.39, 0.29) is 74.2 Å². The number of hydrogen-bond donors (Lipinski definition) is 2. The second-order valence-electron chi connectivity index (χ2n) is 20.7. The highest BCUT2D eigenvalue weighted by Crippen LogP contribution is 2.30. The number of carbonyl (C=O) groups excluding carboxylic acids is 8. The van der Waals surface area contributed by atoms with Gasteiger partial charge in [-0.1, -0.05) is 122 Å². The highest BCUT2D eigenvalue weighted by atomic mass is 16.7. The molecule has 0 radical (unpaired) electrons. The third kappa shape index (κ3) is 17.2. The summed E-state index contributed by atoms with van der Waals surface area (Å²) in [5.41, 5.74) is 1.67. The number of nitrogens with zero attached hydrogens (tertiary/aromatic N) is 4. The van der Waals surface area contributed by atoms with Gasteiger partial charge < -0.3 is 39.5 Å². The van der Waals surface area contributed by atoms with Crippen LogP contribution in [0, 0.1) is 23.7 Å². The fourth-order valence-electron chi connectivity index (χ4n) is 10.2. The molecule has 0 spiro atoms. The van der Waals surface area contributed by atoms with Crippen LogP contribution < -0.4 is 10.6 Å². The second kappa shape index (κ2) is 30.0. The first-order valence-electron chi connectivity index (χ1n) is 26.5. The van der Waals surface area contributed by atoms with Crippen LogP contribution in [0.1, 0.15) is 124 Å². The Morgan fingerprint density at radius 1 is 0.770 bits per heavy atom. The van der Waals surface area contributed by atoms with Crippen LogP contribution in [0.4, 0.5) is 0 Å². The second-order valence-corrected chi connectivity index (χ2v) is 20.7. The van der Waals surface area contributed by atoms with Gasteiger partial charge in [-0.05, 0) is 68.2 Å². The van der Waals surface area contributed by atoms with Crippen molar-refractivity contribution in [2.75, 3.05) is 41.4 Å². The number of ether oxygens (including phenoxy) is 3. The predicted molar refractivity (Wildman–Crippen MR) is 278 cm³/mol. The van der Waals surface area contributed by atoms with Gasteiger partial charge in [-0.15, -0.1) is 5.06 Å². The van der Waals surface area contributed by atoms with Gasteiger partial charge in [-0.2, -0.15) is 0 Å². The van der Waals surface area contributed by atoms with Crippen molar-refractivity contribution >= 4 is 47.4 Å². The summed E-state index contributed by atoms with van der Waals surface area (Å²) in [6, 6.07) is 15.3. The number of rotatable bonds is 30. The van der Waals surface area contributed by atoms with Gasteiger partial charge in [-0.3, -0.25) is 33.7 Å². The van der Waals surface area contributed by atoms with Crippen LogP contribution >= 0.6 is 0 Å². The van der Waals surface area contributed by atoms with Crippen LogP contribution in [0.3, 0.4) is 0 Å². The molecule has 2 fully saturated rings. The molecule has 0 aromatic heterocycles. The van der Waals surface area contributed by atoms with Gasteiger partial charge in [0.15, 0.2) is 0 Å². The van der Waals surface area contributed by atoms with E-state index in [0.29, 0.717) is 56.7 Å². The Morgan fingerprint density at radius 2 is 1.39 bits per heavy atom. The van der Waals surface area contributed by atoms with Gasteiger partial charge in [0.05, 0.1) is 42.7 Å². The maximum atomic E-state index is 14.7. The standard InChI is InChI=1S/C56H84N6O12/c1-12-38(6)51(60(9)55(69)49(36(2)3)58-54(68)50(37(4)5)59(8)31-21-15-20-28-48(66)74-62-45(63)29-30-46(62)64)44(71-10)34-47(65)61-32-22-27-43(61)52(72-11)39(7)53(67)57-42(33-40-23-16-13-17-24-40)56(70)73-35-41-25-18-14-19-26-41/h13-14,16-19,23-26,36-39,42-44,49-52H,12,15,20-22,27-35H2,1-11H3,(H,57,67)(H,58,68)/t38-,39+,42-,43-,44+,49-,50-,51-,52+/m0/s1. The van der Waals surface area contributed by atoms with Crippen molar-refractivity contribution in [3.05, 3.63) is 71.8 Å². The summed E-state index contributed by atoms with van der Waals surface area (Å²) in [7, 11) is 6.60. The highest BCUT2D eigenvalue weighted by molar-refractivity contribution is 6.01. The minimum Gasteiger partial charge on any atom is -0.459 e. The summed E-state index contributed by atoms with van der Waals surface area (Å²) < 4.78 is 17.8. The van der Waals surface area contributed by atoms with Crippen molar-refractivity contribution in [3.8, 4) is 0 Å². The lowest BCUT2D eigenvalue weighted by Crippen LogP contribution is -2.60. The van der Waals surface area contributed by atoms with Gasteiger partial charge in [-0.25, -0.2) is 9.59 Å². The van der Waals surface area contributed by atoms with Crippen molar-refractivity contribution in [1.82, 2.24) is 30.4 Å². The Bertz CT molecular complexity index is 2140. The third-order valence-corrected chi connectivity index (χ3v) is 14.6. The number of unbranched alkanes of at least 4 members (excludes halogenated alkanes) is 2. The zero-order valence-corrected chi connectivity index (χ0v) is 45.7. The molecule has 18 nitrogen and oxygen atoms in total. The fourth-order valence-corrected chi connectivity index (χ4v) is 10.2. The molecule has 2 saturated heterocycles. The minimum absolute atomic E-state index is 0.0291. The van der Waals surface area contributed by atoms with Crippen LogP contribution in [0.25, 0.3) is 0 Å². The quantitative estimate of drug-likeness (QED) is 0.0552. The van der Waals surface area contributed by atoms with E-state index < -0.39 is 78.0 Å².